The zero-order valence-corrected chi connectivity index (χ0v) is 59.8. The predicted molar refractivity (Wildman–Crippen MR) is 396 cm³/mol. The summed E-state index contributed by atoms with van der Waals surface area (Å²) in [6.07, 6.45) is 109. The van der Waals surface area contributed by atoms with Gasteiger partial charge >= 0.3 is 11.9 Å². The van der Waals surface area contributed by atoms with E-state index in [9.17, 15) is 19.0 Å². The van der Waals surface area contributed by atoms with Gasteiger partial charge in [-0.3, -0.25) is 14.2 Å². The number of carbonyl (C=O) groups excluding carboxylic acids is 2. The van der Waals surface area contributed by atoms with Crippen molar-refractivity contribution in [1.29, 1.82) is 0 Å². The molecule has 0 N–H and O–H groups in total. The first-order valence-electron chi connectivity index (χ1n) is 36.1. The van der Waals surface area contributed by atoms with Crippen molar-refractivity contribution in [2.45, 2.75) is 264 Å². The molecule has 0 saturated carbocycles. The second kappa shape index (κ2) is 70.2. The van der Waals surface area contributed by atoms with E-state index in [0.717, 1.165) is 135 Å². The van der Waals surface area contributed by atoms with Crippen molar-refractivity contribution in [2.24, 2.45) is 0 Å². The molecular weight excluding hydrogens is 1160 g/mol. The fourth-order valence-electron chi connectivity index (χ4n) is 9.16. The first-order valence-corrected chi connectivity index (χ1v) is 37.6. The Balaban J connectivity index is 4.17. The summed E-state index contributed by atoms with van der Waals surface area (Å²) in [4.78, 5) is 38.1. The van der Waals surface area contributed by atoms with E-state index >= 15 is 0 Å². The molecule has 0 radical (unpaired) electrons. The third-order valence-electron chi connectivity index (χ3n) is 14.6. The van der Waals surface area contributed by atoms with Crippen LogP contribution in [0.5, 0.6) is 0 Å². The number of phosphoric acid groups is 1. The second-order valence-corrected chi connectivity index (χ2v) is 25.9. The summed E-state index contributed by atoms with van der Waals surface area (Å²) in [6, 6.07) is 0. The highest BCUT2D eigenvalue weighted by molar-refractivity contribution is 7.45. The Kier molecular flexibility index (Phi) is 66.2. The van der Waals surface area contributed by atoms with Gasteiger partial charge in [0.1, 0.15) is 19.8 Å². The zero-order chi connectivity index (χ0) is 66.9. The van der Waals surface area contributed by atoms with Gasteiger partial charge in [-0.05, 0) is 141 Å². The molecule has 10 heteroatoms. The van der Waals surface area contributed by atoms with Crippen LogP contribution in [0.25, 0.3) is 0 Å². The van der Waals surface area contributed by atoms with Crippen molar-refractivity contribution < 1.29 is 42.1 Å². The lowest BCUT2D eigenvalue weighted by Gasteiger charge is -2.28. The van der Waals surface area contributed by atoms with Gasteiger partial charge in [-0.2, -0.15) is 0 Å². The standard InChI is InChI=1S/C82H132NO8P/c1-6-8-10-12-14-16-18-20-22-24-26-28-30-32-34-36-38-40-41-43-44-46-48-50-52-54-56-58-60-62-64-66-68-70-72-74-81(84)88-78-80(79-90-92(86,87)89-77-76-83(3,4)5)91-82(85)75-73-71-69-67-65-63-61-59-57-55-53-51-49-47-45-42-39-37-35-33-31-29-27-25-23-21-19-17-15-13-11-9-7-2/h8-11,14-17,20-23,26-29,32-35,38-40,42,47,49,53,55,59,61,65,67,80H,6-7,12-13,18-19,24-25,30-31,36-37,41,43-46,48,50-52,54,56-58,60,62-64,66,68-79H2,1-5H3/b10-8-,11-9-,16-14-,17-15-,22-20-,23-21-,28-26-,29-27-,34-32-,35-33-,40-38-,42-39-,49-47-,55-53-,61-59-,67-65-. The number of ether oxygens (including phenoxy) is 2. The van der Waals surface area contributed by atoms with Gasteiger partial charge in [0.15, 0.2) is 6.10 Å². The van der Waals surface area contributed by atoms with E-state index in [-0.39, 0.29) is 26.1 Å². The van der Waals surface area contributed by atoms with Crippen LogP contribution >= 0.6 is 7.82 Å². The minimum absolute atomic E-state index is 0.0493. The number of allylic oxidation sites excluding steroid dienone is 32. The molecule has 0 aliphatic rings. The van der Waals surface area contributed by atoms with Crippen LogP contribution in [0, 0.1) is 0 Å². The number of quaternary nitrogens is 1. The Morgan fingerprint density at radius 3 is 0.891 bits per heavy atom. The van der Waals surface area contributed by atoms with Crippen molar-refractivity contribution in [3.05, 3.63) is 194 Å². The summed E-state index contributed by atoms with van der Waals surface area (Å²) in [6.45, 7) is 3.95. The molecule has 0 aliphatic carbocycles. The van der Waals surface area contributed by atoms with Crippen molar-refractivity contribution >= 4 is 19.8 Å². The predicted octanol–water partition coefficient (Wildman–Crippen LogP) is 23.4. The summed E-state index contributed by atoms with van der Waals surface area (Å²) in [5, 5.41) is 0. The van der Waals surface area contributed by atoms with Gasteiger partial charge in [-0.1, -0.05) is 298 Å². The fraction of sp³-hybridized carbons (Fsp3) is 0.585. The van der Waals surface area contributed by atoms with Gasteiger partial charge in [0, 0.05) is 12.8 Å². The molecule has 0 aliphatic heterocycles. The Morgan fingerprint density at radius 1 is 0.337 bits per heavy atom. The molecule has 0 rings (SSSR count). The third-order valence-corrected chi connectivity index (χ3v) is 15.6. The monoisotopic (exact) mass is 1290 g/mol. The Labute approximate surface area is 564 Å². The zero-order valence-electron chi connectivity index (χ0n) is 58.9. The first kappa shape index (κ1) is 86.9. The van der Waals surface area contributed by atoms with E-state index in [0.29, 0.717) is 23.9 Å². The third kappa shape index (κ3) is 73.9. The SMILES string of the molecule is CC/C=C\C/C=C\C/C=C\C/C=C\C/C=C\C/C=C\C/C=C\C/C=C\C/C=C\C/C=C\CCCCC(=O)OC(COC(=O)CCCCCCCCCCCCCCCCCC/C=C\C/C=C\C/C=C\C/C=C\C/C=C\C/C=C\CC)COP(=O)([O-])OCC[N+](C)(C)C. The number of hydrogen-bond acceptors (Lipinski definition) is 8. The lowest BCUT2D eigenvalue weighted by molar-refractivity contribution is -0.870. The van der Waals surface area contributed by atoms with Gasteiger partial charge in [-0.15, -0.1) is 0 Å². The van der Waals surface area contributed by atoms with E-state index < -0.39 is 32.5 Å². The van der Waals surface area contributed by atoms with Crippen molar-refractivity contribution in [2.75, 3.05) is 47.5 Å². The molecule has 92 heavy (non-hydrogen) atoms. The minimum Gasteiger partial charge on any atom is -0.756 e. The summed E-state index contributed by atoms with van der Waals surface area (Å²) in [5.41, 5.74) is 0. The van der Waals surface area contributed by atoms with Gasteiger partial charge in [-0.25, -0.2) is 0 Å². The van der Waals surface area contributed by atoms with Gasteiger partial charge in [0.2, 0.25) is 0 Å². The van der Waals surface area contributed by atoms with Crippen LogP contribution in [-0.2, 0) is 32.7 Å². The van der Waals surface area contributed by atoms with E-state index in [2.05, 4.69) is 208 Å². The van der Waals surface area contributed by atoms with Crippen LogP contribution < -0.4 is 4.89 Å². The Bertz CT molecular complexity index is 2260. The van der Waals surface area contributed by atoms with Crippen LogP contribution in [0.4, 0.5) is 0 Å². The van der Waals surface area contributed by atoms with E-state index in [1.54, 1.807) is 0 Å². The number of rotatable bonds is 64. The van der Waals surface area contributed by atoms with E-state index in [4.69, 9.17) is 18.5 Å². The molecule has 2 unspecified atom stereocenters. The molecule has 0 spiro atoms. The van der Waals surface area contributed by atoms with E-state index in [1.807, 2.05) is 21.1 Å². The van der Waals surface area contributed by atoms with Crippen LogP contribution in [0.15, 0.2) is 194 Å². The molecule has 0 amide bonds. The molecular formula is C82H132NO8P. The molecule has 9 nitrogen and oxygen atoms in total. The largest absolute Gasteiger partial charge is 0.756 e. The molecule has 0 aromatic heterocycles. The minimum atomic E-state index is -4.67. The van der Waals surface area contributed by atoms with Gasteiger partial charge in [0.05, 0.1) is 27.7 Å². The smallest absolute Gasteiger partial charge is 0.306 e. The summed E-state index contributed by atoms with van der Waals surface area (Å²) < 4.78 is 34.3. The second-order valence-electron chi connectivity index (χ2n) is 24.5. The van der Waals surface area contributed by atoms with E-state index in [1.165, 1.54) is 83.5 Å². The van der Waals surface area contributed by atoms with Crippen molar-refractivity contribution in [1.82, 2.24) is 0 Å². The average molecular weight is 1290 g/mol. The van der Waals surface area contributed by atoms with Gasteiger partial charge < -0.3 is 27.9 Å². The fourth-order valence-corrected chi connectivity index (χ4v) is 9.89. The molecule has 0 bridgehead atoms. The molecule has 0 fully saturated rings. The van der Waals surface area contributed by atoms with Crippen LogP contribution in [0.3, 0.4) is 0 Å². The highest BCUT2D eigenvalue weighted by atomic mass is 31.2. The van der Waals surface area contributed by atoms with Gasteiger partial charge in [0.25, 0.3) is 7.82 Å². The van der Waals surface area contributed by atoms with Crippen LogP contribution in [0.1, 0.15) is 258 Å². The van der Waals surface area contributed by atoms with Crippen LogP contribution in [0.2, 0.25) is 0 Å². The molecule has 0 heterocycles. The molecule has 2 atom stereocenters. The first-order chi connectivity index (χ1) is 45.0. The number of unbranched alkanes of at least 4 members (excludes halogenated alkanes) is 18. The number of nitrogens with zero attached hydrogens (tertiary/aromatic N) is 1. The number of esters is 2. The maximum Gasteiger partial charge on any atom is 0.306 e. The molecule has 518 valence electrons. The lowest BCUT2D eigenvalue weighted by Crippen LogP contribution is -2.37. The molecule has 0 aromatic rings. The number of hydrogen-bond donors (Lipinski definition) is 0. The topological polar surface area (TPSA) is 111 Å². The quantitative estimate of drug-likeness (QED) is 0.0195. The number of carbonyl (C=O) groups is 2. The van der Waals surface area contributed by atoms with Crippen LogP contribution in [-0.4, -0.2) is 70.0 Å². The van der Waals surface area contributed by atoms with Crippen molar-refractivity contribution in [3.63, 3.8) is 0 Å². The highest BCUT2D eigenvalue weighted by Crippen LogP contribution is 2.38. The van der Waals surface area contributed by atoms with Crippen molar-refractivity contribution in [3.8, 4) is 0 Å². The highest BCUT2D eigenvalue weighted by Gasteiger charge is 2.22. The Hall–Kier alpha value is -5.15. The summed E-state index contributed by atoms with van der Waals surface area (Å²) >= 11 is 0. The maximum absolute atomic E-state index is 12.9. The number of likely N-dealkylation sites (N-methyl/N-ethyl adjacent to an activating group) is 1. The lowest BCUT2D eigenvalue weighted by atomic mass is 10.0. The maximum atomic E-state index is 12.9. The molecule has 0 saturated heterocycles. The molecule has 0 aromatic carbocycles. The normalized spacial score (nSPS) is 14.3. The summed E-state index contributed by atoms with van der Waals surface area (Å²) in [7, 11) is 1.11. The Morgan fingerprint density at radius 2 is 0.587 bits per heavy atom. The average Bonchev–Trinajstić information content (AvgIpc) is 2.23. The summed E-state index contributed by atoms with van der Waals surface area (Å²) in [5.74, 6) is -0.895. The number of phosphoric ester groups is 1.